The molecule has 0 bridgehead atoms. The lowest BCUT2D eigenvalue weighted by atomic mass is 9.83. The summed E-state index contributed by atoms with van der Waals surface area (Å²) in [6, 6.07) is 0. The molecule has 0 atom stereocenters. The molecule has 62 valence electrons. The average Bonchev–Trinajstić information content (AvgIpc) is 2.47. The van der Waals surface area contributed by atoms with Crippen molar-refractivity contribution in [3.05, 3.63) is 48.6 Å². The summed E-state index contributed by atoms with van der Waals surface area (Å²) in [6.07, 6.45) is 21.5. The molecule has 1 spiro atoms. The van der Waals surface area contributed by atoms with Crippen LogP contribution in [0.15, 0.2) is 48.6 Å². The van der Waals surface area contributed by atoms with Gasteiger partial charge in [-0.1, -0.05) is 48.6 Å². The predicted molar refractivity (Wildman–Crippen MR) is 52.8 cm³/mol. The number of rotatable bonds is 0. The summed E-state index contributed by atoms with van der Waals surface area (Å²) >= 11 is 0. The summed E-state index contributed by atoms with van der Waals surface area (Å²) in [7, 11) is 0. The van der Waals surface area contributed by atoms with Gasteiger partial charge in [0.05, 0.1) is 0 Å². The Hall–Kier alpha value is -1.04. The Morgan fingerprint density at radius 1 is 0.833 bits per heavy atom. The second kappa shape index (κ2) is 3.14. The van der Waals surface area contributed by atoms with E-state index in [1.54, 1.807) is 0 Å². The minimum absolute atomic E-state index is 0.255. The highest BCUT2D eigenvalue weighted by molar-refractivity contribution is 5.31. The third-order valence-corrected chi connectivity index (χ3v) is 2.54. The smallest absolute Gasteiger partial charge is 0.0251 e. The van der Waals surface area contributed by atoms with Crippen molar-refractivity contribution in [2.75, 3.05) is 0 Å². The zero-order valence-electron chi connectivity index (χ0n) is 7.24. The molecule has 0 unspecified atom stereocenters. The molecule has 0 fully saturated rings. The van der Waals surface area contributed by atoms with Crippen molar-refractivity contribution in [3.8, 4) is 0 Å². The van der Waals surface area contributed by atoms with Crippen LogP contribution in [0.5, 0.6) is 0 Å². The van der Waals surface area contributed by atoms with Gasteiger partial charge in [0.25, 0.3) is 0 Å². The molecule has 0 saturated carbocycles. The third-order valence-electron chi connectivity index (χ3n) is 2.54. The molecule has 2 rings (SSSR count). The van der Waals surface area contributed by atoms with E-state index in [1.807, 2.05) is 0 Å². The van der Waals surface area contributed by atoms with E-state index < -0.39 is 0 Å². The fraction of sp³-hybridized carbons (Fsp3) is 0.333. The highest BCUT2D eigenvalue weighted by Gasteiger charge is 2.21. The van der Waals surface area contributed by atoms with Crippen LogP contribution in [-0.4, -0.2) is 0 Å². The lowest BCUT2D eigenvalue weighted by Crippen LogP contribution is -2.09. The van der Waals surface area contributed by atoms with E-state index in [0.29, 0.717) is 0 Å². The topological polar surface area (TPSA) is 0 Å². The van der Waals surface area contributed by atoms with Gasteiger partial charge in [-0.2, -0.15) is 0 Å². The normalized spacial score (nSPS) is 30.0. The van der Waals surface area contributed by atoms with Crippen LogP contribution in [0.1, 0.15) is 19.3 Å². The minimum atomic E-state index is 0.255. The standard InChI is InChI=1S/C12H14/c1-2-4-8-12(9-5-3-1)10-6-7-11-12/h1-2,5-7,9-11H,3-4,8H2/b2-1-,9-5-. The molecular weight excluding hydrogens is 144 g/mol. The van der Waals surface area contributed by atoms with E-state index >= 15 is 0 Å². The maximum Gasteiger partial charge on any atom is 0.0251 e. The summed E-state index contributed by atoms with van der Waals surface area (Å²) in [5.41, 5.74) is 0.255. The van der Waals surface area contributed by atoms with Crippen LogP contribution in [0.4, 0.5) is 0 Å². The van der Waals surface area contributed by atoms with Crippen LogP contribution < -0.4 is 0 Å². The van der Waals surface area contributed by atoms with Crippen LogP contribution in [0, 0.1) is 5.41 Å². The largest absolute Gasteiger partial charge is 0.0882 e. The zero-order valence-corrected chi connectivity index (χ0v) is 7.24. The molecule has 2 aliphatic rings. The van der Waals surface area contributed by atoms with Gasteiger partial charge in [-0.3, -0.25) is 0 Å². The van der Waals surface area contributed by atoms with Gasteiger partial charge in [-0.25, -0.2) is 0 Å². The second-order valence-corrected chi connectivity index (χ2v) is 3.48. The Morgan fingerprint density at radius 3 is 2.50 bits per heavy atom. The number of allylic oxidation sites excluding steroid dienone is 8. The molecule has 12 heavy (non-hydrogen) atoms. The average molecular weight is 158 g/mol. The fourth-order valence-electron chi connectivity index (χ4n) is 1.80. The predicted octanol–water partition coefficient (Wildman–Crippen LogP) is 3.40. The van der Waals surface area contributed by atoms with E-state index in [4.69, 9.17) is 0 Å². The first-order chi connectivity index (χ1) is 5.91. The van der Waals surface area contributed by atoms with Crippen LogP contribution in [0.3, 0.4) is 0 Å². The van der Waals surface area contributed by atoms with Crippen molar-refractivity contribution < 1.29 is 0 Å². The van der Waals surface area contributed by atoms with E-state index in [9.17, 15) is 0 Å². The van der Waals surface area contributed by atoms with Gasteiger partial charge in [0, 0.05) is 5.41 Å². The number of hydrogen-bond donors (Lipinski definition) is 0. The lowest BCUT2D eigenvalue weighted by molar-refractivity contribution is 0.574. The Balaban J connectivity index is 2.20. The first kappa shape index (κ1) is 7.60. The first-order valence-corrected chi connectivity index (χ1v) is 4.61. The maximum absolute atomic E-state index is 2.33. The summed E-state index contributed by atoms with van der Waals surface area (Å²) in [5.74, 6) is 0. The fourth-order valence-corrected chi connectivity index (χ4v) is 1.80. The molecule has 0 nitrogen and oxygen atoms in total. The van der Waals surface area contributed by atoms with Crippen LogP contribution in [0.25, 0.3) is 0 Å². The molecule has 0 aromatic heterocycles. The molecule has 0 amide bonds. The molecule has 0 radical (unpaired) electrons. The quantitative estimate of drug-likeness (QED) is 0.474. The second-order valence-electron chi connectivity index (χ2n) is 3.48. The molecule has 0 aromatic rings. The lowest BCUT2D eigenvalue weighted by Gasteiger charge is -2.21. The molecule has 0 heteroatoms. The molecular formula is C12H14. The molecule has 0 aromatic carbocycles. The minimum Gasteiger partial charge on any atom is -0.0882 e. The molecule has 0 aliphatic heterocycles. The third kappa shape index (κ3) is 1.42. The van der Waals surface area contributed by atoms with Gasteiger partial charge in [-0.15, -0.1) is 0 Å². The highest BCUT2D eigenvalue weighted by atomic mass is 14.2. The van der Waals surface area contributed by atoms with Gasteiger partial charge in [0.15, 0.2) is 0 Å². The Labute approximate surface area is 74.0 Å². The summed E-state index contributed by atoms with van der Waals surface area (Å²) in [4.78, 5) is 0. The van der Waals surface area contributed by atoms with Gasteiger partial charge >= 0.3 is 0 Å². The zero-order chi connectivity index (χ0) is 8.28. The summed E-state index contributed by atoms with van der Waals surface area (Å²) in [6.45, 7) is 0. The van der Waals surface area contributed by atoms with Gasteiger partial charge in [0.2, 0.25) is 0 Å². The highest BCUT2D eigenvalue weighted by Crippen LogP contribution is 2.34. The Bertz CT molecular complexity index is 252. The van der Waals surface area contributed by atoms with Crippen molar-refractivity contribution in [1.82, 2.24) is 0 Å². The van der Waals surface area contributed by atoms with Crippen molar-refractivity contribution in [1.29, 1.82) is 0 Å². The molecule has 2 aliphatic carbocycles. The number of hydrogen-bond acceptors (Lipinski definition) is 0. The van der Waals surface area contributed by atoms with E-state index in [0.717, 1.165) is 6.42 Å². The van der Waals surface area contributed by atoms with Crippen LogP contribution in [0.2, 0.25) is 0 Å². The van der Waals surface area contributed by atoms with Crippen LogP contribution >= 0.6 is 0 Å². The van der Waals surface area contributed by atoms with Gasteiger partial charge in [-0.05, 0) is 19.3 Å². The first-order valence-electron chi connectivity index (χ1n) is 4.61. The molecule has 0 N–H and O–H groups in total. The summed E-state index contributed by atoms with van der Waals surface area (Å²) in [5, 5.41) is 0. The molecule has 0 saturated heterocycles. The van der Waals surface area contributed by atoms with E-state index in [2.05, 4.69) is 48.6 Å². The summed E-state index contributed by atoms with van der Waals surface area (Å²) < 4.78 is 0. The van der Waals surface area contributed by atoms with E-state index in [1.165, 1.54) is 12.8 Å². The van der Waals surface area contributed by atoms with Gasteiger partial charge < -0.3 is 0 Å². The van der Waals surface area contributed by atoms with E-state index in [-0.39, 0.29) is 5.41 Å². The monoisotopic (exact) mass is 158 g/mol. The maximum atomic E-state index is 2.33. The Morgan fingerprint density at radius 2 is 1.67 bits per heavy atom. The molecule has 0 heterocycles. The van der Waals surface area contributed by atoms with Crippen molar-refractivity contribution in [3.63, 3.8) is 0 Å². The van der Waals surface area contributed by atoms with Crippen molar-refractivity contribution >= 4 is 0 Å². The van der Waals surface area contributed by atoms with Gasteiger partial charge in [0.1, 0.15) is 0 Å². The van der Waals surface area contributed by atoms with Crippen molar-refractivity contribution in [2.24, 2.45) is 5.41 Å². The van der Waals surface area contributed by atoms with Crippen molar-refractivity contribution in [2.45, 2.75) is 19.3 Å². The Kier molecular flexibility index (Phi) is 1.99. The SMILES string of the molecule is C1=CC2(C=C1)/C=C\C/C=C\CC2. The van der Waals surface area contributed by atoms with Crippen LogP contribution in [-0.2, 0) is 0 Å².